The number of carbonyl (C=O) groups is 2. The second-order valence-corrected chi connectivity index (χ2v) is 5.99. The molecule has 0 saturated heterocycles. The predicted octanol–water partition coefficient (Wildman–Crippen LogP) is 3.37. The van der Waals surface area contributed by atoms with Crippen LogP contribution in [0.1, 0.15) is 38.8 Å². The lowest BCUT2D eigenvalue weighted by Gasteiger charge is -2.11. The van der Waals surface area contributed by atoms with E-state index in [0.717, 1.165) is 5.56 Å². The average molecular weight is 365 g/mol. The third kappa shape index (κ3) is 3.74. The molecular formula is C21H19NO5. The van der Waals surface area contributed by atoms with E-state index in [2.05, 4.69) is 4.98 Å². The first-order chi connectivity index (χ1) is 13.0. The molecule has 3 rings (SSSR count). The van der Waals surface area contributed by atoms with Gasteiger partial charge in [-0.1, -0.05) is 30.3 Å². The molecule has 0 aliphatic rings. The van der Waals surface area contributed by atoms with Crippen LogP contribution in [0.3, 0.4) is 0 Å². The van der Waals surface area contributed by atoms with Gasteiger partial charge in [0.1, 0.15) is 12.2 Å². The Morgan fingerprint density at radius 3 is 2.44 bits per heavy atom. The van der Waals surface area contributed by atoms with E-state index in [1.165, 1.54) is 6.20 Å². The fourth-order valence-electron chi connectivity index (χ4n) is 2.83. The summed E-state index contributed by atoms with van der Waals surface area (Å²) in [5, 5.41) is 0.383. The van der Waals surface area contributed by atoms with Crippen molar-refractivity contribution in [3.8, 4) is 0 Å². The highest BCUT2D eigenvalue weighted by molar-refractivity contribution is 5.95. The molecule has 0 radical (unpaired) electrons. The lowest BCUT2D eigenvalue weighted by atomic mass is 10.0. The van der Waals surface area contributed by atoms with Crippen molar-refractivity contribution < 1.29 is 19.1 Å². The lowest BCUT2D eigenvalue weighted by Crippen LogP contribution is -2.19. The van der Waals surface area contributed by atoms with Gasteiger partial charge in [0.05, 0.1) is 17.7 Å². The van der Waals surface area contributed by atoms with Gasteiger partial charge in [-0.2, -0.15) is 0 Å². The van der Waals surface area contributed by atoms with Crippen LogP contribution >= 0.6 is 0 Å². The summed E-state index contributed by atoms with van der Waals surface area (Å²) in [6.07, 6.45) is 1.34. The maximum absolute atomic E-state index is 12.7. The van der Waals surface area contributed by atoms with Crippen LogP contribution in [0, 0.1) is 6.92 Å². The minimum absolute atomic E-state index is 0.000793. The zero-order chi connectivity index (χ0) is 19.4. The zero-order valence-electron chi connectivity index (χ0n) is 15.1. The first-order valence-corrected chi connectivity index (χ1v) is 8.56. The summed E-state index contributed by atoms with van der Waals surface area (Å²) in [5.74, 6) is -1.12. The maximum Gasteiger partial charge on any atom is 0.343 e. The van der Waals surface area contributed by atoms with Gasteiger partial charge in [0, 0.05) is 17.1 Å². The number of H-pyrrole nitrogens is 1. The maximum atomic E-state index is 12.7. The van der Waals surface area contributed by atoms with Gasteiger partial charge in [-0.25, -0.2) is 9.59 Å². The molecule has 3 aromatic rings. The highest BCUT2D eigenvalue weighted by atomic mass is 16.5. The molecule has 6 nitrogen and oxygen atoms in total. The number of esters is 2. The van der Waals surface area contributed by atoms with Crippen LogP contribution in [0.2, 0.25) is 0 Å². The molecule has 0 spiro atoms. The van der Waals surface area contributed by atoms with E-state index in [9.17, 15) is 14.4 Å². The molecule has 27 heavy (non-hydrogen) atoms. The molecule has 1 aromatic heterocycles. The number of hydrogen-bond donors (Lipinski definition) is 1. The molecule has 0 aliphatic heterocycles. The average Bonchev–Trinajstić information content (AvgIpc) is 2.68. The molecular weight excluding hydrogens is 346 g/mol. The van der Waals surface area contributed by atoms with E-state index in [1.54, 1.807) is 50.2 Å². The van der Waals surface area contributed by atoms with Gasteiger partial charge in [-0.3, -0.25) is 4.79 Å². The molecule has 6 heteroatoms. The molecule has 1 heterocycles. The number of aryl methyl sites for hydroxylation is 1. The Morgan fingerprint density at radius 1 is 1.00 bits per heavy atom. The number of aromatic nitrogens is 1. The highest BCUT2D eigenvalue weighted by Gasteiger charge is 2.17. The molecule has 0 unspecified atom stereocenters. The summed E-state index contributed by atoms with van der Waals surface area (Å²) >= 11 is 0. The van der Waals surface area contributed by atoms with Gasteiger partial charge in [0.2, 0.25) is 5.43 Å². The Bertz CT molecular complexity index is 1050. The van der Waals surface area contributed by atoms with Crippen LogP contribution in [0.25, 0.3) is 10.9 Å². The summed E-state index contributed by atoms with van der Waals surface area (Å²) in [6, 6.07) is 12.2. The third-order valence-corrected chi connectivity index (χ3v) is 4.20. The topological polar surface area (TPSA) is 85.5 Å². The molecule has 0 amide bonds. The molecule has 0 saturated carbocycles. The monoisotopic (exact) mass is 365 g/mol. The zero-order valence-corrected chi connectivity index (χ0v) is 15.1. The second kappa shape index (κ2) is 7.86. The number of pyridine rings is 1. The summed E-state index contributed by atoms with van der Waals surface area (Å²) in [5.41, 5.74) is 1.89. The standard InChI is InChI=1S/C21H19NO5/c1-3-26-21(25)16-11-22-18-15(10-9-13(2)17(18)19(16)23)12-27-20(24)14-7-5-4-6-8-14/h4-11H,3,12H2,1-2H3,(H,22,23). The number of carbonyl (C=O) groups excluding carboxylic acids is 2. The summed E-state index contributed by atoms with van der Waals surface area (Å²) < 4.78 is 10.3. The van der Waals surface area contributed by atoms with Gasteiger partial charge >= 0.3 is 11.9 Å². The smallest absolute Gasteiger partial charge is 0.343 e. The molecule has 2 aromatic carbocycles. The number of ether oxygens (including phenoxy) is 2. The highest BCUT2D eigenvalue weighted by Crippen LogP contribution is 2.20. The van der Waals surface area contributed by atoms with Gasteiger partial charge in [0.25, 0.3) is 0 Å². The number of nitrogens with one attached hydrogen (secondary N) is 1. The quantitative estimate of drug-likeness (QED) is 0.701. The van der Waals surface area contributed by atoms with Crippen LogP contribution in [0.5, 0.6) is 0 Å². The van der Waals surface area contributed by atoms with Gasteiger partial charge in [-0.05, 0) is 31.5 Å². The van der Waals surface area contributed by atoms with Gasteiger partial charge in [-0.15, -0.1) is 0 Å². The molecule has 0 aliphatic carbocycles. The van der Waals surface area contributed by atoms with Gasteiger partial charge < -0.3 is 14.5 Å². The number of aromatic amines is 1. The fraction of sp³-hybridized carbons (Fsp3) is 0.190. The van der Waals surface area contributed by atoms with Crippen molar-refractivity contribution in [1.29, 1.82) is 0 Å². The first kappa shape index (κ1) is 18.4. The Hall–Kier alpha value is -3.41. The van der Waals surface area contributed by atoms with Crippen LogP contribution in [-0.4, -0.2) is 23.5 Å². The minimum atomic E-state index is -0.666. The molecule has 1 N–H and O–H groups in total. The lowest BCUT2D eigenvalue weighted by molar-refractivity contribution is 0.0473. The SMILES string of the molecule is CCOC(=O)c1c[nH]c2c(COC(=O)c3ccccc3)ccc(C)c2c1=O. The Kier molecular flexibility index (Phi) is 5.35. The Morgan fingerprint density at radius 2 is 1.74 bits per heavy atom. The summed E-state index contributed by atoms with van der Waals surface area (Å²) in [4.78, 5) is 39.8. The largest absolute Gasteiger partial charge is 0.462 e. The van der Waals surface area contributed by atoms with Crippen molar-refractivity contribution in [2.75, 3.05) is 6.61 Å². The van der Waals surface area contributed by atoms with Crippen molar-refractivity contribution >= 4 is 22.8 Å². The number of fused-ring (bicyclic) bond motifs is 1. The van der Waals surface area contributed by atoms with Crippen LogP contribution in [-0.2, 0) is 16.1 Å². The van der Waals surface area contributed by atoms with E-state index in [-0.39, 0.29) is 18.8 Å². The third-order valence-electron chi connectivity index (χ3n) is 4.20. The molecule has 0 atom stereocenters. The van der Waals surface area contributed by atoms with E-state index in [1.807, 2.05) is 6.07 Å². The summed E-state index contributed by atoms with van der Waals surface area (Å²) in [7, 11) is 0. The number of benzene rings is 2. The van der Waals surface area contributed by atoms with E-state index in [4.69, 9.17) is 9.47 Å². The Balaban J connectivity index is 1.94. The van der Waals surface area contributed by atoms with Crippen LogP contribution in [0.4, 0.5) is 0 Å². The van der Waals surface area contributed by atoms with Crippen molar-refractivity contribution in [3.63, 3.8) is 0 Å². The predicted molar refractivity (Wildman–Crippen MR) is 101 cm³/mol. The van der Waals surface area contributed by atoms with E-state index < -0.39 is 17.4 Å². The van der Waals surface area contributed by atoms with Crippen molar-refractivity contribution in [1.82, 2.24) is 4.98 Å². The van der Waals surface area contributed by atoms with Crippen molar-refractivity contribution in [2.45, 2.75) is 20.5 Å². The number of hydrogen-bond acceptors (Lipinski definition) is 5. The molecule has 0 fully saturated rings. The summed E-state index contributed by atoms with van der Waals surface area (Å²) in [6.45, 7) is 3.65. The fourth-order valence-corrected chi connectivity index (χ4v) is 2.83. The van der Waals surface area contributed by atoms with E-state index >= 15 is 0 Å². The van der Waals surface area contributed by atoms with Crippen LogP contribution < -0.4 is 5.43 Å². The van der Waals surface area contributed by atoms with Crippen molar-refractivity contribution in [2.24, 2.45) is 0 Å². The molecule has 138 valence electrons. The normalized spacial score (nSPS) is 10.6. The minimum Gasteiger partial charge on any atom is -0.462 e. The second-order valence-electron chi connectivity index (χ2n) is 5.99. The molecule has 0 bridgehead atoms. The van der Waals surface area contributed by atoms with E-state index in [0.29, 0.717) is 22.0 Å². The van der Waals surface area contributed by atoms with Crippen LogP contribution in [0.15, 0.2) is 53.5 Å². The number of rotatable bonds is 5. The Labute approximate surface area is 155 Å². The van der Waals surface area contributed by atoms with Gasteiger partial charge in [0.15, 0.2) is 0 Å². The first-order valence-electron chi connectivity index (χ1n) is 8.56. The van der Waals surface area contributed by atoms with Crippen molar-refractivity contribution in [3.05, 3.63) is 81.1 Å².